The van der Waals surface area contributed by atoms with Crippen LogP contribution in [-0.2, 0) is 0 Å². The Kier molecular flexibility index (Phi) is 3.25. The Morgan fingerprint density at radius 3 is 2.31 bits per heavy atom. The highest BCUT2D eigenvalue weighted by Crippen LogP contribution is 2.45. The van der Waals surface area contributed by atoms with Crippen molar-refractivity contribution < 1.29 is 9.42 Å². The lowest BCUT2D eigenvalue weighted by molar-refractivity contribution is 0.498. The molecule has 0 radical (unpaired) electrons. The van der Waals surface area contributed by atoms with Crippen LogP contribution in [0.1, 0.15) is 0 Å². The fourth-order valence-corrected chi connectivity index (χ4v) is 2.84. The van der Waals surface area contributed by atoms with E-state index in [1.165, 1.54) is 0 Å². The standard InChI is InChI=1S/C12H9O2P.H3P/c13-15-12-8-4-2-6-10(12)9-5-1-3-7-11(9)14-15;/h1-8,13H;1H3. The van der Waals surface area contributed by atoms with E-state index in [0.717, 1.165) is 22.2 Å². The zero-order valence-electron chi connectivity index (χ0n) is 8.63. The van der Waals surface area contributed by atoms with Gasteiger partial charge in [-0.1, -0.05) is 36.4 Å². The molecule has 82 valence electrons. The molecule has 2 aromatic rings. The summed E-state index contributed by atoms with van der Waals surface area (Å²) in [7, 11) is -1.49. The third-order valence-electron chi connectivity index (χ3n) is 2.47. The topological polar surface area (TPSA) is 29.5 Å². The van der Waals surface area contributed by atoms with Crippen molar-refractivity contribution in [2.45, 2.75) is 0 Å². The fourth-order valence-electron chi connectivity index (χ4n) is 1.78. The van der Waals surface area contributed by atoms with Crippen molar-refractivity contribution in [1.82, 2.24) is 0 Å². The average molecular weight is 250 g/mol. The summed E-state index contributed by atoms with van der Waals surface area (Å²) >= 11 is 0. The van der Waals surface area contributed by atoms with E-state index in [9.17, 15) is 4.89 Å². The minimum atomic E-state index is -1.49. The molecule has 1 heterocycles. The van der Waals surface area contributed by atoms with E-state index in [0.29, 0.717) is 0 Å². The zero-order chi connectivity index (χ0) is 10.3. The highest BCUT2D eigenvalue weighted by atomic mass is 31.2. The lowest BCUT2D eigenvalue weighted by Gasteiger charge is -2.23. The van der Waals surface area contributed by atoms with Crippen LogP contribution in [0.3, 0.4) is 0 Å². The van der Waals surface area contributed by atoms with Gasteiger partial charge >= 0.3 is 0 Å². The summed E-state index contributed by atoms with van der Waals surface area (Å²) in [6.07, 6.45) is 0. The fraction of sp³-hybridized carbons (Fsp3) is 0. The van der Waals surface area contributed by atoms with Crippen LogP contribution < -0.4 is 9.83 Å². The van der Waals surface area contributed by atoms with Crippen LogP contribution >= 0.6 is 18.3 Å². The van der Waals surface area contributed by atoms with Gasteiger partial charge in [0.1, 0.15) is 5.75 Å². The molecule has 0 fully saturated rings. The molecule has 0 bridgehead atoms. The first-order valence-electron chi connectivity index (χ1n) is 4.72. The molecule has 0 spiro atoms. The minimum Gasteiger partial charge on any atom is -0.443 e. The molecule has 0 aliphatic carbocycles. The number of fused-ring (bicyclic) bond motifs is 3. The predicted molar refractivity (Wildman–Crippen MR) is 72.4 cm³/mol. The molecule has 1 aliphatic heterocycles. The van der Waals surface area contributed by atoms with Crippen molar-refractivity contribution in [1.29, 1.82) is 0 Å². The zero-order valence-corrected chi connectivity index (χ0v) is 10.9. The van der Waals surface area contributed by atoms with Gasteiger partial charge in [0, 0.05) is 5.56 Å². The van der Waals surface area contributed by atoms with Gasteiger partial charge in [0.05, 0.1) is 5.30 Å². The smallest absolute Gasteiger partial charge is 0.262 e. The number of benzene rings is 2. The second-order valence-electron chi connectivity index (χ2n) is 3.38. The number of hydrogen-bond donors (Lipinski definition) is 1. The van der Waals surface area contributed by atoms with E-state index in [1.807, 2.05) is 48.5 Å². The average Bonchev–Trinajstić information content (AvgIpc) is 2.30. The third kappa shape index (κ3) is 1.74. The van der Waals surface area contributed by atoms with Gasteiger partial charge in [-0.3, -0.25) is 0 Å². The summed E-state index contributed by atoms with van der Waals surface area (Å²) in [6, 6.07) is 15.6. The van der Waals surface area contributed by atoms with E-state index in [-0.39, 0.29) is 9.90 Å². The number of rotatable bonds is 0. The minimum absolute atomic E-state index is 0. The van der Waals surface area contributed by atoms with Gasteiger partial charge in [-0.2, -0.15) is 9.90 Å². The predicted octanol–water partition coefficient (Wildman–Crippen LogP) is 2.73. The molecule has 0 aromatic heterocycles. The Morgan fingerprint density at radius 1 is 0.875 bits per heavy atom. The molecule has 1 N–H and O–H groups in total. The molecule has 3 rings (SSSR count). The van der Waals surface area contributed by atoms with Crippen molar-refractivity contribution in [2.24, 2.45) is 0 Å². The molecule has 1 aliphatic rings. The molecule has 2 aromatic carbocycles. The second-order valence-corrected chi connectivity index (χ2v) is 4.59. The van der Waals surface area contributed by atoms with Crippen LogP contribution in [0.2, 0.25) is 0 Å². The molecule has 2 atom stereocenters. The maximum Gasteiger partial charge on any atom is 0.262 e. The maximum atomic E-state index is 9.85. The van der Waals surface area contributed by atoms with Crippen molar-refractivity contribution in [3.8, 4) is 16.9 Å². The second kappa shape index (κ2) is 4.51. The van der Waals surface area contributed by atoms with Gasteiger partial charge < -0.3 is 9.42 Å². The molecule has 4 heteroatoms. The summed E-state index contributed by atoms with van der Waals surface area (Å²) in [5.41, 5.74) is 2.13. The highest BCUT2D eigenvalue weighted by Gasteiger charge is 2.24. The van der Waals surface area contributed by atoms with Crippen LogP contribution in [0.25, 0.3) is 11.1 Å². The molecule has 0 saturated carbocycles. The van der Waals surface area contributed by atoms with Gasteiger partial charge in [0.25, 0.3) is 8.38 Å². The van der Waals surface area contributed by atoms with Crippen molar-refractivity contribution in [3.05, 3.63) is 48.5 Å². The van der Waals surface area contributed by atoms with Gasteiger partial charge in [0.15, 0.2) is 0 Å². The Hall–Kier alpha value is -0.940. The summed E-state index contributed by atoms with van der Waals surface area (Å²) in [5.74, 6) is 0.768. The first-order chi connectivity index (χ1) is 7.36. The van der Waals surface area contributed by atoms with E-state index < -0.39 is 8.38 Å². The normalized spacial score (nSPS) is 16.4. The van der Waals surface area contributed by atoms with Crippen LogP contribution in [0.4, 0.5) is 0 Å². The lowest BCUT2D eigenvalue weighted by atomic mass is 10.0. The van der Waals surface area contributed by atoms with E-state index >= 15 is 0 Å². The molecule has 2 unspecified atom stereocenters. The summed E-state index contributed by atoms with van der Waals surface area (Å²) in [5, 5.41) is 0.895. The SMILES string of the molecule is OP1Oc2ccccc2-c2ccccc21.P. The van der Waals surface area contributed by atoms with Crippen molar-refractivity contribution in [2.75, 3.05) is 0 Å². The van der Waals surface area contributed by atoms with Crippen molar-refractivity contribution in [3.63, 3.8) is 0 Å². The maximum absolute atomic E-state index is 9.85. The van der Waals surface area contributed by atoms with Gasteiger partial charge in [-0.05, 0) is 17.7 Å². The molecular weight excluding hydrogens is 238 g/mol. The Bertz CT molecular complexity index is 514. The molecule has 16 heavy (non-hydrogen) atoms. The van der Waals surface area contributed by atoms with Crippen LogP contribution in [0.5, 0.6) is 5.75 Å². The van der Waals surface area contributed by atoms with E-state index in [4.69, 9.17) is 4.52 Å². The Labute approximate surface area is 98.8 Å². The monoisotopic (exact) mass is 250 g/mol. The first kappa shape index (κ1) is 11.5. The summed E-state index contributed by atoms with van der Waals surface area (Å²) < 4.78 is 5.48. The Morgan fingerprint density at radius 2 is 1.50 bits per heavy atom. The summed E-state index contributed by atoms with van der Waals surface area (Å²) in [6.45, 7) is 0. The quantitative estimate of drug-likeness (QED) is 0.728. The highest BCUT2D eigenvalue weighted by molar-refractivity contribution is 7.55. The molecule has 2 nitrogen and oxygen atoms in total. The van der Waals surface area contributed by atoms with Crippen LogP contribution in [-0.4, -0.2) is 4.89 Å². The van der Waals surface area contributed by atoms with Gasteiger partial charge in [-0.15, -0.1) is 0 Å². The van der Waals surface area contributed by atoms with E-state index in [2.05, 4.69) is 0 Å². The molecule has 0 saturated heterocycles. The van der Waals surface area contributed by atoms with Crippen LogP contribution in [0, 0.1) is 0 Å². The van der Waals surface area contributed by atoms with Crippen molar-refractivity contribution >= 4 is 23.6 Å². The van der Waals surface area contributed by atoms with Gasteiger partial charge in [-0.25, -0.2) is 0 Å². The molecule has 0 amide bonds. The largest absolute Gasteiger partial charge is 0.443 e. The third-order valence-corrected chi connectivity index (χ3v) is 3.64. The van der Waals surface area contributed by atoms with E-state index in [1.54, 1.807) is 0 Å². The lowest BCUT2D eigenvalue weighted by Crippen LogP contribution is -2.13. The summed E-state index contributed by atoms with van der Waals surface area (Å²) in [4.78, 5) is 9.85. The molecular formula is C12H12O2P2. The number of para-hydroxylation sites is 1. The van der Waals surface area contributed by atoms with Crippen LogP contribution in [0.15, 0.2) is 48.5 Å². The van der Waals surface area contributed by atoms with Gasteiger partial charge in [0.2, 0.25) is 0 Å². The Balaban J connectivity index is 0.000000963. The number of hydrogen-bond acceptors (Lipinski definition) is 2. The first-order valence-corrected chi connectivity index (χ1v) is 5.93.